The molecule has 1 saturated heterocycles. The minimum atomic E-state index is 0.0961. The van der Waals surface area contributed by atoms with Crippen molar-refractivity contribution in [3.05, 3.63) is 29.8 Å². The van der Waals surface area contributed by atoms with Crippen molar-refractivity contribution in [1.82, 2.24) is 4.90 Å². The molecule has 0 radical (unpaired) electrons. The molecular formula is C17H27N2O2+. The summed E-state index contributed by atoms with van der Waals surface area (Å²) in [6.45, 7) is 10.5. The number of aryl methyl sites for hydroxylation is 1. The Hall–Kier alpha value is -1.55. The van der Waals surface area contributed by atoms with Crippen LogP contribution in [0.2, 0.25) is 0 Å². The van der Waals surface area contributed by atoms with Gasteiger partial charge in [0.15, 0.2) is 6.61 Å². The van der Waals surface area contributed by atoms with Crippen LogP contribution in [0, 0.1) is 6.92 Å². The fourth-order valence-electron chi connectivity index (χ4n) is 2.70. The van der Waals surface area contributed by atoms with E-state index in [4.69, 9.17) is 4.74 Å². The fourth-order valence-corrected chi connectivity index (χ4v) is 2.70. The van der Waals surface area contributed by atoms with Crippen molar-refractivity contribution in [2.75, 3.05) is 32.8 Å². The van der Waals surface area contributed by atoms with Crippen LogP contribution in [0.15, 0.2) is 24.3 Å². The van der Waals surface area contributed by atoms with Crippen molar-refractivity contribution in [3.63, 3.8) is 0 Å². The van der Waals surface area contributed by atoms with Crippen LogP contribution in [0.25, 0.3) is 0 Å². The van der Waals surface area contributed by atoms with Crippen LogP contribution in [-0.4, -0.2) is 49.6 Å². The number of quaternary nitrogens is 1. The van der Waals surface area contributed by atoms with Gasteiger partial charge in [-0.3, -0.25) is 4.79 Å². The Morgan fingerprint density at radius 2 is 1.90 bits per heavy atom. The predicted octanol–water partition coefficient (Wildman–Crippen LogP) is 0.899. The van der Waals surface area contributed by atoms with Crippen LogP contribution in [0.3, 0.4) is 0 Å². The smallest absolute Gasteiger partial charge is 0.260 e. The summed E-state index contributed by atoms with van der Waals surface area (Å²) in [6.07, 6.45) is 1.19. The van der Waals surface area contributed by atoms with Gasteiger partial charge in [-0.25, -0.2) is 0 Å². The summed E-state index contributed by atoms with van der Waals surface area (Å²) in [4.78, 5) is 15.7. The summed E-state index contributed by atoms with van der Waals surface area (Å²) in [5.41, 5.74) is 1.19. The number of hydrogen-bond donors (Lipinski definition) is 1. The first-order valence-electron chi connectivity index (χ1n) is 7.92. The molecule has 1 N–H and O–H groups in total. The summed E-state index contributed by atoms with van der Waals surface area (Å²) >= 11 is 0. The molecule has 1 aromatic rings. The lowest BCUT2D eigenvalue weighted by atomic mass is 10.2. The van der Waals surface area contributed by atoms with Crippen LogP contribution in [0.4, 0.5) is 0 Å². The second-order valence-corrected chi connectivity index (χ2v) is 5.95. The molecule has 0 spiro atoms. The molecule has 0 unspecified atom stereocenters. The lowest BCUT2D eigenvalue weighted by Crippen LogP contribution is -3.17. The third-order valence-corrected chi connectivity index (χ3v) is 4.45. The molecule has 0 aromatic heterocycles. The molecule has 1 aromatic carbocycles. The highest BCUT2D eigenvalue weighted by atomic mass is 16.5. The minimum Gasteiger partial charge on any atom is -0.484 e. The standard InChI is InChI=1S/C17H26N2O2/c1-4-15(3)18-9-11-19(12-10-18)17(20)13-21-16-7-5-14(2)6-8-16/h5-8,15H,4,9-13H2,1-3H3/p+1/t15-/m1/s1. The van der Waals surface area contributed by atoms with E-state index in [2.05, 4.69) is 13.8 Å². The Balaban J connectivity index is 1.76. The summed E-state index contributed by atoms with van der Waals surface area (Å²) in [5, 5.41) is 0. The molecule has 1 heterocycles. The molecule has 0 bridgehead atoms. The van der Waals surface area contributed by atoms with Crippen LogP contribution in [0.5, 0.6) is 5.75 Å². The van der Waals surface area contributed by atoms with Gasteiger partial charge in [-0.1, -0.05) is 24.6 Å². The van der Waals surface area contributed by atoms with E-state index in [0.717, 1.165) is 31.9 Å². The SMILES string of the molecule is CC[C@@H](C)[NH+]1CCN(C(=O)COc2ccc(C)cc2)CC1. The molecule has 1 fully saturated rings. The van der Waals surface area contributed by atoms with Gasteiger partial charge >= 0.3 is 0 Å². The average molecular weight is 291 g/mol. The van der Waals surface area contributed by atoms with E-state index < -0.39 is 0 Å². The third-order valence-electron chi connectivity index (χ3n) is 4.45. The maximum absolute atomic E-state index is 12.2. The number of piperazine rings is 1. The van der Waals surface area contributed by atoms with Crippen LogP contribution in [-0.2, 0) is 4.79 Å². The van der Waals surface area contributed by atoms with Crippen molar-refractivity contribution < 1.29 is 14.4 Å². The van der Waals surface area contributed by atoms with Gasteiger partial charge in [0, 0.05) is 0 Å². The Bertz CT molecular complexity index is 450. The van der Waals surface area contributed by atoms with E-state index in [0.29, 0.717) is 6.04 Å². The van der Waals surface area contributed by atoms with Crippen molar-refractivity contribution in [3.8, 4) is 5.75 Å². The molecule has 1 atom stereocenters. The number of carbonyl (C=O) groups excluding carboxylic acids is 1. The second kappa shape index (κ2) is 7.46. The van der Waals surface area contributed by atoms with Gasteiger partial charge in [-0.05, 0) is 32.4 Å². The summed E-state index contributed by atoms with van der Waals surface area (Å²) in [6, 6.07) is 8.50. The van der Waals surface area contributed by atoms with E-state index in [9.17, 15) is 4.79 Å². The zero-order chi connectivity index (χ0) is 15.2. The number of amides is 1. The first-order valence-corrected chi connectivity index (χ1v) is 7.92. The molecule has 1 aliphatic heterocycles. The molecule has 0 aliphatic carbocycles. The quantitative estimate of drug-likeness (QED) is 0.874. The number of hydrogen-bond acceptors (Lipinski definition) is 2. The number of nitrogens with one attached hydrogen (secondary N) is 1. The van der Waals surface area contributed by atoms with E-state index >= 15 is 0 Å². The van der Waals surface area contributed by atoms with E-state index in [-0.39, 0.29) is 12.5 Å². The highest BCUT2D eigenvalue weighted by molar-refractivity contribution is 5.77. The first kappa shape index (κ1) is 15.8. The molecule has 1 aliphatic rings. The number of rotatable bonds is 5. The maximum Gasteiger partial charge on any atom is 0.260 e. The molecule has 21 heavy (non-hydrogen) atoms. The predicted molar refractivity (Wildman–Crippen MR) is 83.7 cm³/mol. The zero-order valence-corrected chi connectivity index (χ0v) is 13.4. The van der Waals surface area contributed by atoms with Gasteiger partial charge in [0.1, 0.15) is 5.75 Å². The molecular weight excluding hydrogens is 264 g/mol. The maximum atomic E-state index is 12.2. The number of benzene rings is 1. The normalized spacial score (nSPS) is 17.6. The largest absolute Gasteiger partial charge is 0.484 e. The molecule has 2 rings (SSSR count). The van der Waals surface area contributed by atoms with Crippen molar-refractivity contribution >= 4 is 5.91 Å². The van der Waals surface area contributed by atoms with Crippen LogP contribution >= 0.6 is 0 Å². The van der Waals surface area contributed by atoms with Gasteiger partial charge in [-0.2, -0.15) is 0 Å². The van der Waals surface area contributed by atoms with Gasteiger partial charge in [0.2, 0.25) is 0 Å². The number of carbonyl (C=O) groups is 1. The molecule has 0 saturated carbocycles. The van der Waals surface area contributed by atoms with Crippen LogP contribution < -0.4 is 9.64 Å². The summed E-state index contributed by atoms with van der Waals surface area (Å²) in [5.74, 6) is 0.858. The Labute approximate surface area is 127 Å². The third kappa shape index (κ3) is 4.46. The number of nitrogens with zero attached hydrogens (tertiary/aromatic N) is 1. The zero-order valence-electron chi connectivity index (χ0n) is 13.4. The molecule has 1 amide bonds. The Morgan fingerprint density at radius 1 is 1.29 bits per heavy atom. The van der Waals surface area contributed by atoms with Gasteiger partial charge < -0.3 is 14.5 Å². The summed E-state index contributed by atoms with van der Waals surface area (Å²) in [7, 11) is 0. The van der Waals surface area contributed by atoms with Gasteiger partial charge in [0.05, 0.1) is 32.2 Å². The molecule has 4 nitrogen and oxygen atoms in total. The summed E-state index contributed by atoms with van der Waals surface area (Å²) < 4.78 is 5.57. The lowest BCUT2D eigenvalue weighted by molar-refractivity contribution is -0.927. The number of ether oxygens (including phenoxy) is 1. The van der Waals surface area contributed by atoms with Crippen molar-refractivity contribution in [2.45, 2.75) is 33.2 Å². The van der Waals surface area contributed by atoms with E-state index in [1.54, 1.807) is 4.90 Å². The first-order chi connectivity index (χ1) is 10.1. The van der Waals surface area contributed by atoms with Gasteiger partial charge in [0.25, 0.3) is 5.91 Å². The average Bonchev–Trinajstić information content (AvgIpc) is 2.53. The van der Waals surface area contributed by atoms with Crippen molar-refractivity contribution in [2.24, 2.45) is 0 Å². The Kier molecular flexibility index (Phi) is 5.62. The lowest BCUT2D eigenvalue weighted by Gasteiger charge is -2.35. The molecule has 4 heteroatoms. The van der Waals surface area contributed by atoms with E-state index in [1.807, 2.05) is 36.1 Å². The van der Waals surface area contributed by atoms with Crippen LogP contribution in [0.1, 0.15) is 25.8 Å². The highest BCUT2D eigenvalue weighted by Gasteiger charge is 2.26. The van der Waals surface area contributed by atoms with Gasteiger partial charge in [-0.15, -0.1) is 0 Å². The van der Waals surface area contributed by atoms with Crippen molar-refractivity contribution in [1.29, 1.82) is 0 Å². The van der Waals surface area contributed by atoms with E-state index in [1.165, 1.54) is 12.0 Å². The Morgan fingerprint density at radius 3 is 2.48 bits per heavy atom. The highest BCUT2D eigenvalue weighted by Crippen LogP contribution is 2.11. The minimum absolute atomic E-state index is 0.0961. The fraction of sp³-hybridized carbons (Fsp3) is 0.588. The monoisotopic (exact) mass is 291 g/mol. The second-order valence-electron chi connectivity index (χ2n) is 5.95. The topological polar surface area (TPSA) is 34.0 Å². The molecule has 116 valence electrons.